The van der Waals surface area contributed by atoms with Crippen molar-refractivity contribution >= 4 is 23.2 Å². The number of benzene rings is 1. The minimum absolute atomic E-state index is 0.00405. The lowest BCUT2D eigenvalue weighted by atomic mass is 10.0. The Morgan fingerprint density at radius 3 is 2.43 bits per heavy atom. The number of amides is 2. The molecule has 0 radical (unpaired) electrons. The molecule has 4 rings (SSSR count). The molecular weight excluding hydrogens is 394 g/mol. The number of thiophene rings is 1. The summed E-state index contributed by atoms with van der Waals surface area (Å²) in [6.07, 6.45) is 4.54. The molecule has 2 amide bonds. The van der Waals surface area contributed by atoms with Crippen LogP contribution in [-0.2, 0) is 4.79 Å². The zero-order valence-electron chi connectivity index (χ0n) is 17.7. The normalized spacial score (nSPS) is 18.0. The number of piperazine rings is 1. The summed E-state index contributed by atoms with van der Waals surface area (Å²) in [5.41, 5.74) is 3.29. The van der Waals surface area contributed by atoms with Crippen LogP contribution in [0.15, 0.2) is 35.7 Å². The summed E-state index contributed by atoms with van der Waals surface area (Å²) in [5, 5.41) is 5.06. The molecule has 1 saturated carbocycles. The van der Waals surface area contributed by atoms with Gasteiger partial charge in [0.05, 0.1) is 4.88 Å². The van der Waals surface area contributed by atoms with E-state index in [0.717, 1.165) is 61.6 Å². The number of hydrogen-bond acceptors (Lipinski definition) is 4. The average molecular weight is 426 g/mol. The van der Waals surface area contributed by atoms with Crippen LogP contribution in [-0.4, -0.2) is 60.9 Å². The van der Waals surface area contributed by atoms with Crippen LogP contribution in [0.3, 0.4) is 0 Å². The van der Waals surface area contributed by atoms with Crippen LogP contribution in [0.25, 0.3) is 11.1 Å². The van der Waals surface area contributed by atoms with Crippen molar-refractivity contribution in [2.45, 2.75) is 32.6 Å². The number of hydrogen-bond donors (Lipinski definition) is 1. The van der Waals surface area contributed by atoms with Crippen molar-refractivity contribution in [1.29, 1.82) is 0 Å². The molecule has 1 aliphatic carbocycles. The fourth-order valence-corrected chi connectivity index (χ4v) is 5.31. The van der Waals surface area contributed by atoms with Crippen molar-refractivity contribution in [2.75, 3.05) is 39.3 Å². The van der Waals surface area contributed by atoms with Crippen molar-refractivity contribution in [3.8, 4) is 11.1 Å². The largest absolute Gasteiger partial charge is 0.350 e. The Kier molecular flexibility index (Phi) is 6.85. The molecule has 0 unspecified atom stereocenters. The molecule has 2 fully saturated rings. The van der Waals surface area contributed by atoms with Crippen LogP contribution in [0.2, 0.25) is 0 Å². The molecule has 30 heavy (non-hydrogen) atoms. The smallest absolute Gasteiger partial charge is 0.262 e. The maximum atomic E-state index is 12.7. The lowest BCUT2D eigenvalue weighted by Crippen LogP contribution is -2.51. The SMILES string of the molecule is Cc1ccc(-c2ccsc2C(=O)NCCN2CCN(C(=O)C3CCCC3)CC2)cc1. The van der Waals surface area contributed by atoms with Gasteiger partial charge in [-0.15, -0.1) is 11.3 Å². The molecule has 2 aromatic rings. The summed E-state index contributed by atoms with van der Waals surface area (Å²) >= 11 is 1.49. The van der Waals surface area contributed by atoms with Gasteiger partial charge in [-0.2, -0.15) is 0 Å². The van der Waals surface area contributed by atoms with Crippen molar-refractivity contribution in [3.63, 3.8) is 0 Å². The minimum Gasteiger partial charge on any atom is -0.350 e. The summed E-state index contributed by atoms with van der Waals surface area (Å²) in [7, 11) is 0. The molecule has 1 aromatic heterocycles. The van der Waals surface area contributed by atoms with E-state index in [4.69, 9.17) is 0 Å². The molecule has 5 nitrogen and oxygen atoms in total. The van der Waals surface area contributed by atoms with Gasteiger partial charge in [-0.1, -0.05) is 42.7 Å². The highest BCUT2D eigenvalue weighted by Crippen LogP contribution is 2.29. The number of aryl methyl sites for hydroxylation is 1. The lowest BCUT2D eigenvalue weighted by molar-refractivity contribution is -0.137. The van der Waals surface area contributed by atoms with Crippen LogP contribution >= 0.6 is 11.3 Å². The van der Waals surface area contributed by atoms with E-state index in [-0.39, 0.29) is 11.8 Å². The molecule has 2 heterocycles. The molecule has 0 atom stereocenters. The van der Waals surface area contributed by atoms with Crippen LogP contribution < -0.4 is 5.32 Å². The third kappa shape index (κ3) is 4.93. The van der Waals surface area contributed by atoms with Crippen LogP contribution in [0.5, 0.6) is 0 Å². The van der Waals surface area contributed by atoms with E-state index in [1.165, 1.54) is 29.7 Å². The lowest BCUT2D eigenvalue weighted by Gasteiger charge is -2.36. The number of carbonyl (C=O) groups excluding carboxylic acids is 2. The first-order valence-corrected chi connectivity index (χ1v) is 11.9. The summed E-state index contributed by atoms with van der Waals surface area (Å²) in [6.45, 7) is 6.92. The predicted molar refractivity (Wildman–Crippen MR) is 122 cm³/mol. The van der Waals surface area contributed by atoms with Crippen LogP contribution in [0, 0.1) is 12.8 Å². The van der Waals surface area contributed by atoms with Gasteiger partial charge >= 0.3 is 0 Å². The number of rotatable bonds is 6. The predicted octanol–water partition coefficient (Wildman–Crippen LogP) is 3.79. The third-order valence-corrected chi connectivity index (χ3v) is 7.25. The highest BCUT2D eigenvalue weighted by molar-refractivity contribution is 7.12. The summed E-state index contributed by atoms with van der Waals surface area (Å²) in [4.78, 5) is 30.4. The highest BCUT2D eigenvalue weighted by Gasteiger charge is 2.29. The molecule has 6 heteroatoms. The standard InChI is InChI=1S/C24H31N3O2S/c1-18-6-8-19(9-7-18)21-10-17-30-22(21)23(28)25-11-12-26-13-15-27(16-14-26)24(29)20-4-2-3-5-20/h6-10,17,20H,2-5,11-16H2,1H3,(H,25,28). The first-order chi connectivity index (χ1) is 14.6. The van der Waals surface area contributed by atoms with Gasteiger partial charge < -0.3 is 10.2 Å². The first-order valence-electron chi connectivity index (χ1n) is 11.1. The van der Waals surface area contributed by atoms with Gasteiger partial charge in [-0.25, -0.2) is 0 Å². The summed E-state index contributed by atoms with van der Waals surface area (Å²) in [6, 6.07) is 10.3. The molecular formula is C24H31N3O2S. The number of carbonyl (C=O) groups is 2. The molecule has 2 aliphatic rings. The van der Waals surface area contributed by atoms with Crippen molar-refractivity contribution in [3.05, 3.63) is 46.2 Å². The minimum atomic E-state index is -0.00405. The molecule has 1 saturated heterocycles. The molecule has 1 aliphatic heterocycles. The Balaban J connectivity index is 1.23. The van der Waals surface area contributed by atoms with Crippen molar-refractivity contribution < 1.29 is 9.59 Å². The van der Waals surface area contributed by atoms with Gasteiger partial charge in [0.2, 0.25) is 5.91 Å². The molecule has 1 aromatic carbocycles. The van der Waals surface area contributed by atoms with Gasteiger partial charge in [0, 0.05) is 50.7 Å². The maximum Gasteiger partial charge on any atom is 0.262 e. The second-order valence-electron chi connectivity index (χ2n) is 8.43. The van der Waals surface area contributed by atoms with E-state index in [1.54, 1.807) is 0 Å². The second-order valence-corrected chi connectivity index (χ2v) is 9.35. The molecule has 0 spiro atoms. The zero-order chi connectivity index (χ0) is 20.9. The van der Waals surface area contributed by atoms with Crippen molar-refractivity contribution in [1.82, 2.24) is 15.1 Å². The molecule has 0 bridgehead atoms. The average Bonchev–Trinajstić information content (AvgIpc) is 3.47. The third-order valence-electron chi connectivity index (χ3n) is 6.34. The molecule has 1 N–H and O–H groups in total. The van der Waals surface area contributed by atoms with Crippen LogP contribution in [0.4, 0.5) is 0 Å². The van der Waals surface area contributed by atoms with Gasteiger partial charge in [-0.3, -0.25) is 14.5 Å². The van der Waals surface area contributed by atoms with Gasteiger partial charge in [0.25, 0.3) is 5.91 Å². The van der Waals surface area contributed by atoms with E-state index in [0.29, 0.717) is 12.5 Å². The van der Waals surface area contributed by atoms with Gasteiger partial charge in [0.1, 0.15) is 0 Å². The van der Waals surface area contributed by atoms with Gasteiger partial charge in [0.15, 0.2) is 0 Å². The van der Waals surface area contributed by atoms with E-state index in [1.807, 2.05) is 16.3 Å². The maximum absolute atomic E-state index is 12.7. The van der Waals surface area contributed by atoms with E-state index in [9.17, 15) is 9.59 Å². The van der Waals surface area contributed by atoms with Crippen molar-refractivity contribution in [2.24, 2.45) is 5.92 Å². The monoisotopic (exact) mass is 425 g/mol. The zero-order valence-corrected chi connectivity index (χ0v) is 18.5. The number of nitrogens with zero attached hydrogens (tertiary/aromatic N) is 2. The van der Waals surface area contributed by atoms with Crippen LogP contribution in [0.1, 0.15) is 40.9 Å². The number of nitrogens with one attached hydrogen (secondary N) is 1. The Labute approximate surface area is 183 Å². The highest BCUT2D eigenvalue weighted by atomic mass is 32.1. The summed E-state index contributed by atoms with van der Waals surface area (Å²) in [5.74, 6) is 0.627. The van der Waals surface area contributed by atoms with E-state index in [2.05, 4.69) is 41.4 Å². The summed E-state index contributed by atoms with van der Waals surface area (Å²) < 4.78 is 0. The molecule has 160 valence electrons. The van der Waals surface area contributed by atoms with Gasteiger partial charge in [-0.05, 0) is 36.8 Å². The Morgan fingerprint density at radius 1 is 1.03 bits per heavy atom. The van der Waals surface area contributed by atoms with E-state index >= 15 is 0 Å². The quantitative estimate of drug-likeness (QED) is 0.766. The Morgan fingerprint density at radius 2 is 1.73 bits per heavy atom. The Hall–Kier alpha value is -2.18. The fourth-order valence-electron chi connectivity index (χ4n) is 4.48. The second kappa shape index (κ2) is 9.75. The Bertz CT molecular complexity index is 863. The first kappa shape index (κ1) is 21.1. The fraction of sp³-hybridized carbons (Fsp3) is 0.500. The topological polar surface area (TPSA) is 52.7 Å². The van der Waals surface area contributed by atoms with E-state index < -0.39 is 0 Å².